The summed E-state index contributed by atoms with van der Waals surface area (Å²) in [6.07, 6.45) is 2.07. The standard InChI is InChI=1S/C18H25NO2/c1-12(2)14-3-5-15(6-4-14)16-9-17(16)18(20)19-10-13-7-8-21-11-13/h3-6,12-13,16-17H,7-11H2,1-2H3,(H,19,20)/t13-,16+,17-/m1/s1. The third kappa shape index (κ3) is 3.46. The third-order valence-electron chi connectivity index (χ3n) is 4.75. The highest BCUT2D eigenvalue weighted by atomic mass is 16.5. The van der Waals surface area contributed by atoms with E-state index in [9.17, 15) is 4.79 Å². The van der Waals surface area contributed by atoms with Crippen molar-refractivity contribution >= 4 is 5.91 Å². The Kier molecular flexibility index (Phi) is 4.29. The van der Waals surface area contributed by atoms with Crippen molar-refractivity contribution in [3.8, 4) is 0 Å². The van der Waals surface area contributed by atoms with Gasteiger partial charge in [0, 0.05) is 25.0 Å². The lowest BCUT2D eigenvalue weighted by Crippen LogP contribution is -2.31. The molecular weight excluding hydrogens is 262 g/mol. The minimum Gasteiger partial charge on any atom is -0.381 e. The molecule has 0 aromatic heterocycles. The molecule has 1 heterocycles. The second-order valence-electron chi connectivity index (χ2n) is 6.74. The van der Waals surface area contributed by atoms with Crippen molar-refractivity contribution < 1.29 is 9.53 Å². The van der Waals surface area contributed by atoms with Gasteiger partial charge in [0.05, 0.1) is 6.61 Å². The van der Waals surface area contributed by atoms with Crippen LogP contribution in [0.1, 0.15) is 49.7 Å². The Morgan fingerprint density at radius 1 is 1.33 bits per heavy atom. The molecule has 0 unspecified atom stereocenters. The second kappa shape index (κ2) is 6.18. The van der Waals surface area contributed by atoms with E-state index < -0.39 is 0 Å². The van der Waals surface area contributed by atoms with Crippen LogP contribution >= 0.6 is 0 Å². The summed E-state index contributed by atoms with van der Waals surface area (Å²) in [5.74, 6) is 1.89. The molecule has 1 aromatic rings. The zero-order valence-electron chi connectivity index (χ0n) is 13.0. The summed E-state index contributed by atoms with van der Waals surface area (Å²) < 4.78 is 5.34. The summed E-state index contributed by atoms with van der Waals surface area (Å²) in [5, 5.41) is 3.10. The van der Waals surface area contributed by atoms with Gasteiger partial charge in [-0.25, -0.2) is 0 Å². The minimum absolute atomic E-state index is 0.178. The number of carbonyl (C=O) groups excluding carboxylic acids is 1. The van der Waals surface area contributed by atoms with Crippen LogP contribution in [0, 0.1) is 11.8 Å². The maximum absolute atomic E-state index is 12.2. The van der Waals surface area contributed by atoms with Crippen LogP contribution in [0.4, 0.5) is 0 Å². The summed E-state index contributed by atoms with van der Waals surface area (Å²) >= 11 is 0. The van der Waals surface area contributed by atoms with Crippen LogP contribution in [0.15, 0.2) is 24.3 Å². The molecule has 0 bridgehead atoms. The van der Waals surface area contributed by atoms with E-state index in [0.717, 1.165) is 32.6 Å². The van der Waals surface area contributed by atoms with Crippen LogP contribution in [-0.2, 0) is 9.53 Å². The highest BCUT2D eigenvalue weighted by Gasteiger charge is 2.43. The minimum atomic E-state index is 0.178. The zero-order valence-corrected chi connectivity index (χ0v) is 13.0. The first-order valence-corrected chi connectivity index (χ1v) is 8.10. The van der Waals surface area contributed by atoms with Crippen LogP contribution in [0.25, 0.3) is 0 Å². The molecule has 1 aromatic carbocycles. The summed E-state index contributed by atoms with van der Waals surface area (Å²) in [7, 11) is 0. The van der Waals surface area contributed by atoms with E-state index in [1.807, 2.05) is 0 Å². The molecule has 1 N–H and O–H groups in total. The largest absolute Gasteiger partial charge is 0.381 e. The molecule has 2 fully saturated rings. The quantitative estimate of drug-likeness (QED) is 0.904. The fourth-order valence-corrected chi connectivity index (χ4v) is 3.10. The molecule has 21 heavy (non-hydrogen) atoms. The Labute approximate surface area is 127 Å². The van der Waals surface area contributed by atoms with Gasteiger partial charge in [0.25, 0.3) is 0 Å². The second-order valence-corrected chi connectivity index (χ2v) is 6.74. The van der Waals surface area contributed by atoms with E-state index in [1.165, 1.54) is 11.1 Å². The predicted molar refractivity (Wildman–Crippen MR) is 83.3 cm³/mol. The van der Waals surface area contributed by atoms with Gasteiger partial charge in [-0.1, -0.05) is 38.1 Å². The summed E-state index contributed by atoms with van der Waals surface area (Å²) in [5.41, 5.74) is 2.67. The molecule has 3 rings (SSSR count). The van der Waals surface area contributed by atoms with Gasteiger partial charge in [-0.3, -0.25) is 4.79 Å². The maximum atomic E-state index is 12.2. The van der Waals surface area contributed by atoms with Gasteiger partial charge in [-0.15, -0.1) is 0 Å². The molecule has 1 aliphatic carbocycles. The third-order valence-corrected chi connectivity index (χ3v) is 4.75. The highest BCUT2D eigenvalue weighted by molar-refractivity contribution is 5.82. The molecule has 1 saturated heterocycles. The molecular formula is C18H25NO2. The first-order valence-electron chi connectivity index (χ1n) is 8.10. The van der Waals surface area contributed by atoms with Gasteiger partial charge < -0.3 is 10.1 Å². The number of hydrogen-bond donors (Lipinski definition) is 1. The Hall–Kier alpha value is -1.35. The lowest BCUT2D eigenvalue weighted by atomic mass is 10.00. The number of rotatable bonds is 5. The predicted octanol–water partition coefficient (Wildman–Crippen LogP) is 3.07. The van der Waals surface area contributed by atoms with E-state index in [0.29, 0.717) is 17.8 Å². The lowest BCUT2D eigenvalue weighted by molar-refractivity contribution is -0.122. The average molecular weight is 287 g/mol. The monoisotopic (exact) mass is 287 g/mol. The van der Waals surface area contributed by atoms with Crippen LogP contribution < -0.4 is 5.32 Å². The van der Waals surface area contributed by atoms with Crippen molar-refractivity contribution in [3.63, 3.8) is 0 Å². The van der Waals surface area contributed by atoms with Crippen molar-refractivity contribution in [3.05, 3.63) is 35.4 Å². The topological polar surface area (TPSA) is 38.3 Å². The normalized spacial score (nSPS) is 27.9. The Bertz CT molecular complexity index is 488. The first kappa shape index (κ1) is 14.6. The van der Waals surface area contributed by atoms with E-state index in [1.54, 1.807) is 0 Å². The Morgan fingerprint density at radius 3 is 2.71 bits per heavy atom. The van der Waals surface area contributed by atoms with Gasteiger partial charge >= 0.3 is 0 Å². The first-order chi connectivity index (χ1) is 10.1. The zero-order chi connectivity index (χ0) is 14.8. The highest BCUT2D eigenvalue weighted by Crippen LogP contribution is 2.47. The Balaban J connectivity index is 1.49. The van der Waals surface area contributed by atoms with Crippen molar-refractivity contribution in [2.45, 2.75) is 38.5 Å². The molecule has 1 aliphatic heterocycles. The van der Waals surface area contributed by atoms with Crippen molar-refractivity contribution in [2.24, 2.45) is 11.8 Å². The molecule has 114 valence electrons. The molecule has 0 spiro atoms. The number of amides is 1. The van der Waals surface area contributed by atoms with Crippen molar-refractivity contribution in [1.82, 2.24) is 5.32 Å². The van der Waals surface area contributed by atoms with Crippen LogP contribution in [0.2, 0.25) is 0 Å². The van der Waals surface area contributed by atoms with Gasteiger partial charge in [0.15, 0.2) is 0 Å². The Morgan fingerprint density at radius 2 is 2.10 bits per heavy atom. The van der Waals surface area contributed by atoms with E-state index in [-0.39, 0.29) is 11.8 Å². The molecule has 1 amide bonds. The summed E-state index contributed by atoms with van der Waals surface area (Å²) in [6.45, 7) is 6.82. The number of hydrogen-bond acceptors (Lipinski definition) is 2. The summed E-state index contributed by atoms with van der Waals surface area (Å²) in [4.78, 5) is 12.2. The molecule has 3 heteroatoms. The molecule has 1 saturated carbocycles. The molecule has 3 atom stereocenters. The van der Waals surface area contributed by atoms with Crippen molar-refractivity contribution in [2.75, 3.05) is 19.8 Å². The SMILES string of the molecule is CC(C)c1ccc([C@@H]2C[C@H]2C(=O)NC[C@H]2CCOC2)cc1. The van der Waals surface area contributed by atoms with Crippen LogP contribution in [-0.4, -0.2) is 25.7 Å². The number of ether oxygens (including phenoxy) is 1. The molecule has 2 aliphatic rings. The smallest absolute Gasteiger partial charge is 0.223 e. The number of nitrogens with one attached hydrogen (secondary N) is 1. The van der Waals surface area contributed by atoms with Gasteiger partial charge in [0.1, 0.15) is 0 Å². The van der Waals surface area contributed by atoms with Gasteiger partial charge in [0.2, 0.25) is 5.91 Å². The molecule has 3 nitrogen and oxygen atoms in total. The average Bonchev–Trinajstić information content (AvgIpc) is 3.12. The molecule has 0 radical (unpaired) electrons. The van der Waals surface area contributed by atoms with Gasteiger partial charge in [-0.05, 0) is 35.8 Å². The van der Waals surface area contributed by atoms with Gasteiger partial charge in [-0.2, -0.15) is 0 Å². The van der Waals surface area contributed by atoms with Crippen LogP contribution in [0.3, 0.4) is 0 Å². The fourth-order valence-electron chi connectivity index (χ4n) is 3.10. The summed E-state index contributed by atoms with van der Waals surface area (Å²) in [6, 6.07) is 8.78. The lowest BCUT2D eigenvalue weighted by Gasteiger charge is -2.10. The van der Waals surface area contributed by atoms with Crippen molar-refractivity contribution in [1.29, 1.82) is 0 Å². The van der Waals surface area contributed by atoms with E-state index in [4.69, 9.17) is 4.74 Å². The van der Waals surface area contributed by atoms with Crippen LogP contribution in [0.5, 0.6) is 0 Å². The van der Waals surface area contributed by atoms with E-state index >= 15 is 0 Å². The number of carbonyl (C=O) groups is 1. The van der Waals surface area contributed by atoms with E-state index in [2.05, 4.69) is 43.4 Å². The fraction of sp³-hybridized carbons (Fsp3) is 0.611. The maximum Gasteiger partial charge on any atom is 0.223 e. The number of benzene rings is 1.